The topological polar surface area (TPSA) is 75.3 Å². The number of nitrogens with one attached hydrogen (secondary N) is 2. The van der Waals surface area contributed by atoms with Crippen LogP contribution in [0.1, 0.15) is 44.4 Å². The highest BCUT2D eigenvalue weighted by molar-refractivity contribution is 7.98. The molecule has 0 fully saturated rings. The Labute approximate surface area is 178 Å². The number of benzene rings is 2. The Balaban J connectivity index is 2.28. The zero-order chi connectivity index (χ0) is 21.6. The van der Waals surface area contributed by atoms with Crippen LogP contribution in [0.25, 0.3) is 0 Å². The quantitative estimate of drug-likeness (QED) is 0.565. The summed E-state index contributed by atoms with van der Waals surface area (Å²) >= 11 is 1.46. The number of hydrogen-bond acceptors (Lipinski definition) is 4. The van der Waals surface area contributed by atoms with Gasteiger partial charge in [-0.3, -0.25) is 4.79 Å². The summed E-state index contributed by atoms with van der Waals surface area (Å²) in [6.45, 7) is 7.97. The van der Waals surface area contributed by atoms with E-state index in [2.05, 4.69) is 42.1 Å². The van der Waals surface area contributed by atoms with Gasteiger partial charge in [-0.25, -0.2) is 13.1 Å². The van der Waals surface area contributed by atoms with Crippen molar-refractivity contribution in [3.8, 4) is 0 Å². The molecule has 0 heterocycles. The van der Waals surface area contributed by atoms with Crippen LogP contribution in [0.5, 0.6) is 0 Å². The Hall–Kier alpha value is -1.83. The lowest BCUT2D eigenvalue weighted by molar-refractivity contribution is -0.118. The van der Waals surface area contributed by atoms with Gasteiger partial charge < -0.3 is 5.32 Å². The van der Waals surface area contributed by atoms with E-state index in [-0.39, 0.29) is 23.3 Å². The van der Waals surface area contributed by atoms with Gasteiger partial charge in [0.05, 0.1) is 10.6 Å². The van der Waals surface area contributed by atoms with Crippen molar-refractivity contribution in [1.29, 1.82) is 0 Å². The molecule has 0 aromatic heterocycles. The lowest BCUT2D eigenvalue weighted by Gasteiger charge is -2.15. The zero-order valence-electron chi connectivity index (χ0n) is 17.7. The Morgan fingerprint density at radius 3 is 2.34 bits per heavy atom. The second-order valence-corrected chi connectivity index (χ2v) is 9.76. The summed E-state index contributed by atoms with van der Waals surface area (Å²) in [6, 6.07) is 11.0. The number of aryl methyl sites for hydroxylation is 2. The molecule has 2 rings (SSSR count). The van der Waals surface area contributed by atoms with Gasteiger partial charge in [-0.2, -0.15) is 0 Å². The fraction of sp³-hybridized carbons (Fsp3) is 0.409. The third kappa shape index (κ3) is 6.07. The summed E-state index contributed by atoms with van der Waals surface area (Å²) in [5.74, 6) is -0.340. The molecule has 7 heteroatoms. The van der Waals surface area contributed by atoms with Gasteiger partial charge in [-0.15, -0.1) is 11.8 Å². The van der Waals surface area contributed by atoms with Gasteiger partial charge in [-0.1, -0.05) is 45.9 Å². The molecule has 0 radical (unpaired) electrons. The van der Waals surface area contributed by atoms with Gasteiger partial charge >= 0.3 is 0 Å². The molecular formula is C22H30N2O3S2. The highest BCUT2D eigenvalue weighted by Crippen LogP contribution is 2.29. The Morgan fingerprint density at radius 2 is 1.76 bits per heavy atom. The number of carbonyl (C=O) groups excluding carboxylic acids is 1. The van der Waals surface area contributed by atoms with Crippen LogP contribution < -0.4 is 10.0 Å². The highest BCUT2D eigenvalue weighted by atomic mass is 32.2. The van der Waals surface area contributed by atoms with Crippen molar-refractivity contribution in [2.24, 2.45) is 5.92 Å². The van der Waals surface area contributed by atoms with Crippen molar-refractivity contribution in [2.45, 2.75) is 56.9 Å². The van der Waals surface area contributed by atoms with Gasteiger partial charge in [0.2, 0.25) is 15.9 Å². The first kappa shape index (κ1) is 23.4. The average Bonchev–Trinajstić information content (AvgIpc) is 2.71. The lowest BCUT2D eigenvalue weighted by Crippen LogP contribution is -2.24. The molecule has 0 atom stereocenters. The van der Waals surface area contributed by atoms with Crippen LogP contribution in [0, 0.1) is 5.92 Å². The number of thioether (sulfide) groups is 1. The third-order valence-electron chi connectivity index (χ3n) is 4.78. The number of carbonyl (C=O) groups is 1. The first-order valence-corrected chi connectivity index (χ1v) is 12.5. The molecule has 0 aliphatic carbocycles. The van der Waals surface area contributed by atoms with Crippen molar-refractivity contribution in [3.05, 3.63) is 53.1 Å². The summed E-state index contributed by atoms with van der Waals surface area (Å²) in [5.41, 5.74) is 3.82. The summed E-state index contributed by atoms with van der Waals surface area (Å²) < 4.78 is 28.5. The van der Waals surface area contributed by atoms with Crippen LogP contribution in [-0.4, -0.2) is 20.6 Å². The van der Waals surface area contributed by atoms with E-state index in [9.17, 15) is 13.2 Å². The van der Waals surface area contributed by atoms with Crippen LogP contribution in [0.15, 0.2) is 46.2 Å². The molecule has 0 saturated carbocycles. The predicted molar refractivity (Wildman–Crippen MR) is 121 cm³/mol. The van der Waals surface area contributed by atoms with Crippen molar-refractivity contribution >= 4 is 33.4 Å². The van der Waals surface area contributed by atoms with E-state index in [0.717, 1.165) is 28.9 Å². The Kier molecular flexibility index (Phi) is 8.31. The standard InChI is InChI=1S/C22H30N2O3S2/c1-6-16-8-9-17(7-2)18(12-16)14-23-29(26,27)19-10-11-21(28-5)20(13-19)24-22(25)15(3)4/h8-13,15,23H,6-7,14H2,1-5H3,(H,24,25). The minimum absolute atomic E-state index is 0.138. The Bertz CT molecular complexity index is 970. The summed E-state index contributed by atoms with van der Waals surface area (Å²) in [7, 11) is -3.72. The van der Waals surface area contributed by atoms with Crippen molar-refractivity contribution in [1.82, 2.24) is 4.72 Å². The zero-order valence-corrected chi connectivity index (χ0v) is 19.3. The molecule has 0 aliphatic rings. The molecule has 2 aromatic rings. The normalized spacial score (nSPS) is 11.7. The summed E-state index contributed by atoms with van der Waals surface area (Å²) in [4.78, 5) is 13.1. The fourth-order valence-electron chi connectivity index (χ4n) is 2.89. The second-order valence-electron chi connectivity index (χ2n) is 7.14. The molecule has 1 amide bonds. The minimum atomic E-state index is -3.72. The molecule has 2 N–H and O–H groups in total. The third-order valence-corrected chi connectivity index (χ3v) is 6.97. The smallest absolute Gasteiger partial charge is 0.240 e. The lowest BCUT2D eigenvalue weighted by atomic mass is 10.0. The van der Waals surface area contributed by atoms with Crippen molar-refractivity contribution in [2.75, 3.05) is 11.6 Å². The SMILES string of the molecule is CCc1ccc(CC)c(CNS(=O)(=O)c2ccc(SC)c(NC(=O)C(C)C)c2)c1. The Morgan fingerprint density at radius 1 is 1.03 bits per heavy atom. The number of anilines is 1. The van der Waals surface area contributed by atoms with E-state index >= 15 is 0 Å². The minimum Gasteiger partial charge on any atom is -0.325 e. The number of amides is 1. The van der Waals surface area contributed by atoms with E-state index in [1.54, 1.807) is 26.0 Å². The largest absolute Gasteiger partial charge is 0.325 e. The monoisotopic (exact) mass is 434 g/mol. The molecule has 0 bridgehead atoms. The van der Waals surface area contributed by atoms with Crippen molar-refractivity contribution < 1.29 is 13.2 Å². The number of rotatable bonds is 9. The molecule has 29 heavy (non-hydrogen) atoms. The van der Waals surface area contributed by atoms with E-state index in [1.165, 1.54) is 23.4 Å². The summed E-state index contributed by atoms with van der Waals surface area (Å²) in [6.07, 6.45) is 3.63. The van der Waals surface area contributed by atoms with Gasteiger partial charge in [0.25, 0.3) is 0 Å². The molecule has 0 unspecified atom stereocenters. The molecule has 158 valence electrons. The van der Waals surface area contributed by atoms with Crippen LogP contribution in [-0.2, 0) is 34.2 Å². The fourth-order valence-corrected chi connectivity index (χ4v) is 4.46. The maximum absolute atomic E-state index is 12.9. The van der Waals surface area contributed by atoms with E-state index in [1.807, 2.05) is 6.26 Å². The van der Waals surface area contributed by atoms with Gasteiger partial charge in [-0.05, 0) is 54.0 Å². The molecule has 0 aliphatic heterocycles. The maximum atomic E-state index is 12.9. The first-order chi connectivity index (χ1) is 13.7. The van der Waals surface area contributed by atoms with Crippen LogP contribution in [0.3, 0.4) is 0 Å². The van der Waals surface area contributed by atoms with Crippen LogP contribution in [0.2, 0.25) is 0 Å². The molecular weight excluding hydrogens is 404 g/mol. The van der Waals surface area contributed by atoms with Gasteiger partial charge in [0.1, 0.15) is 0 Å². The molecule has 0 saturated heterocycles. The van der Waals surface area contributed by atoms with E-state index in [4.69, 9.17) is 0 Å². The van der Waals surface area contributed by atoms with E-state index < -0.39 is 10.0 Å². The predicted octanol–water partition coefficient (Wildman–Crippen LogP) is 4.61. The maximum Gasteiger partial charge on any atom is 0.240 e. The van der Waals surface area contributed by atoms with Crippen LogP contribution >= 0.6 is 11.8 Å². The molecule has 5 nitrogen and oxygen atoms in total. The van der Waals surface area contributed by atoms with Crippen LogP contribution in [0.4, 0.5) is 5.69 Å². The molecule has 0 spiro atoms. The van der Waals surface area contributed by atoms with E-state index in [0.29, 0.717) is 5.69 Å². The second kappa shape index (κ2) is 10.3. The first-order valence-electron chi connectivity index (χ1n) is 9.81. The number of hydrogen-bond donors (Lipinski definition) is 2. The summed E-state index contributed by atoms with van der Waals surface area (Å²) in [5, 5.41) is 2.83. The van der Waals surface area contributed by atoms with Gasteiger partial charge in [0.15, 0.2) is 0 Å². The highest BCUT2D eigenvalue weighted by Gasteiger charge is 2.18. The van der Waals surface area contributed by atoms with Crippen molar-refractivity contribution in [3.63, 3.8) is 0 Å². The number of sulfonamides is 1. The van der Waals surface area contributed by atoms with Gasteiger partial charge in [0, 0.05) is 17.4 Å². The average molecular weight is 435 g/mol. The molecule has 2 aromatic carbocycles.